The fourth-order valence-corrected chi connectivity index (χ4v) is 2.63. The van der Waals surface area contributed by atoms with Gasteiger partial charge in [0.05, 0.1) is 0 Å². The third-order valence-corrected chi connectivity index (χ3v) is 3.91. The Morgan fingerprint density at radius 3 is 2.83 bits per heavy atom. The van der Waals surface area contributed by atoms with Crippen molar-refractivity contribution in [2.45, 2.75) is 32.7 Å². The van der Waals surface area contributed by atoms with Crippen LogP contribution in [0.25, 0.3) is 5.52 Å². The van der Waals surface area contributed by atoms with E-state index in [2.05, 4.69) is 27.5 Å². The Bertz CT molecular complexity index is 912. The zero-order chi connectivity index (χ0) is 17.1. The maximum atomic E-state index is 12.3. The molecule has 3 rings (SSSR count). The molecule has 1 aromatic carbocycles. The second-order valence-electron chi connectivity index (χ2n) is 6.02. The number of aromatic nitrogens is 3. The normalized spacial score (nSPS) is 12.2. The fraction of sp³-hybridized carbons (Fsp3) is 0.278. The van der Waals surface area contributed by atoms with Gasteiger partial charge in [0.25, 0.3) is 11.5 Å². The quantitative estimate of drug-likeness (QED) is 0.754. The molecule has 0 aliphatic heterocycles. The molecule has 0 bridgehead atoms. The number of carbonyl (C=O) groups excluding carboxylic acids is 1. The predicted molar refractivity (Wildman–Crippen MR) is 92.2 cm³/mol. The molecule has 6 heteroatoms. The van der Waals surface area contributed by atoms with E-state index >= 15 is 0 Å². The Balaban J connectivity index is 1.66. The Morgan fingerprint density at radius 2 is 2.08 bits per heavy atom. The van der Waals surface area contributed by atoms with Gasteiger partial charge in [-0.15, -0.1) is 0 Å². The van der Waals surface area contributed by atoms with Crippen LogP contribution in [-0.2, 0) is 6.42 Å². The van der Waals surface area contributed by atoms with Crippen molar-refractivity contribution in [3.05, 3.63) is 69.9 Å². The van der Waals surface area contributed by atoms with E-state index in [1.807, 2.05) is 25.1 Å². The molecule has 1 amide bonds. The van der Waals surface area contributed by atoms with Gasteiger partial charge < -0.3 is 10.3 Å². The van der Waals surface area contributed by atoms with Gasteiger partial charge in [-0.3, -0.25) is 9.59 Å². The summed E-state index contributed by atoms with van der Waals surface area (Å²) in [6.45, 7) is 3.74. The van der Waals surface area contributed by atoms with Crippen molar-refractivity contribution in [2.75, 3.05) is 0 Å². The summed E-state index contributed by atoms with van der Waals surface area (Å²) in [6.07, 6.45) is 3.42. The minimum absolute atomic E-state index is 0.0162. The van der Waals surface area contributed by atoms with Crippen molar-refractivity contribution in [3.8, 4) is 0 Å². The van der Waals surface area contributed by atoms with Gasteiger partial charge >= 0.3 is 0 Å². The molecule has 1 atom stereocenters. The number of H-pyrrole nitrogens is 1. The minimum atomic E-state index is -0.267. The second kappa shape index (κ2) is 6.70. The molecule has 0 unspecified atom stereocenters. The lowest BCUT2D eigenvalue weighted by molar-refractivity contribution is 0.0933. The summed E-state index contributed by atoms with van der Waals surface area (Å²) >= 11 is 0. The van der Waals surface area contributed by atoms with Gasteiger partial charge in [0.2, 0.25) is 0 Å². The van der Waals surface area contributed by atoms with Crippen LogP contribution in [0.2, 0.25) is 0 Å². The average Bonchev–Trinajstić information content (AvgIpc) is 2.98. The highest BCUT2D eigenvalue weighted by atomic mass is 16.2. The molecular formula is C18H20N4O2. The van der Waals surface area contributed by atoms with Crippen LogP contribution < -0.4 is 10.9 Å². The third-order valence-electron chi connectivity index (χ3n) is 3.91. The molecule has 0 spiro atoms. The maximum Gasteiger partial charge on any atom is 0.274 e. The first-order chi connectivity index (χ1) is 11.5. The number of nitrogens with one attached hydrogen (secondary N) is 2. The fourth-order valence-electron chi connectivity index (χ4n) is 2.63. The first-order valence-electron chi connectivity index (χ1n) is 7.97. The summed E-state index contributed by atoms with van der Waals surface area (Å²) in [6, 6.07) is 11.7. The number of aryl methyl sites for hydroxylation is 2. The van der Waals surface area contributed by atoms with Gasteiger partial charge in [0, 0.05) is 24.0 Å². The van der Waals surface area contributed by atoms with Crippen LogP contribution in [0, 0.1) is 6.92 Å². The minimum Gasteiger partial charge on any atom is -0.348 e. The lowest BCUT2D eigenvalue weighted by Crippen LogP contribution is -2.33. The van der Waals surface area contributed by atoms with Crippen molar-refractivity contribution in [2.24, 2.45) is 0 Å². The molecule has 3 aromatic rings. The van der Waals surface area contributed by atoms with E-state index in [-0.39, 0.29) is 23.2 Å². The summed E-state index contributed by atoms with van der Waals surface area (Å²) in [4.78, 5) is 26.9. The van der Waals surface area contributed by atoms with Gasteiger partial charge in [0.15, 0.2) is 5.69 Å². The van der Waals surface area contributed by atoms with E-state index in [9.17, 15) is 9.59 Å². The molecule has 2 aromatic heterocycles. The van der Waals surface area contributed by atoms with Crippen LogP contribution in [0.4, 0.5) is 0 Å². The summed E-state index contributed by atoms with van der Waals surface area (Å²) in [5, 5.41) is 7.12. The third kappa shape index (κ3) is 3.53. The van der Waals surface area contributed by atoms with E-state index in [0.29, 0.717) is 11.2 Å². The Morgan fingerprint density at radius 1 is 1.33 bits per heavy atom. The van der Waals surface area contributed by atoms with E-state index in [4.69, 9.17) is 0 Å². The number of benzene rings is 1. The predicted octanol–water partition coefficient (Wildman–Crippen LogP) is 2.08. The van der Waals surface area contributed by atoms with Gasteiger partial charge in [-0.1, -0.05) is 30.3 Å². The first kappa shape index (κ1) is 16.0. The SMILES string of the molecule is Cc1cn2nc(C(=O)N[C@@H](C)CCc3ccccc3)cc2c(=O)[nH]1. The number of aromatic amines is 1. The highest BCUT2D eigenvalue weighted by Gasteiger charge is 2.15. The Hall–Kier alpha value is -2.89. The Labute approximate surface area is 139 Å². The monoisotopic (exact) mass is 324 g/mol. The summed E-state index contributed by atoms with van der Waals surface area (Å²) in [5.74, 6) is -0.267. The van der Waals surface area contributed by atoms with Gasteiger partial charge in [0.1, 0.15) is 5.52 Å². The second-order valence-corrected chi connectivity index (χ2v) is 6.02. The maximum absolute atomic E-state index is 12.3. The molecule has 0 fully saturated rings. The number of hydrogen-bond donors (Lipinski definition) is 2. The standard InChI is InChI=1S/C18H20N4O2/c1-12(8-9-14-6-4-3-5-7-14)19-17(23)15-10-16-18(24)20-13(2)11-22(16)21-15/h3-7,10-12H,8-9H2,1-2H3,(H,19,23)(H,20,24)/t12-/m0/s1. The van der Waals surface area contributed by atoms with E-state index in [1.54, 1.807) is 13.1 Å². The number of carbonyl (C=O) groups is 1. The molecule has 6 nitrogen and oxygen atoms in total. The first-order valence-corrected chi connectivity index (χ1v) is 7.97. The summed E-state index contributed by atoms with van der Waals surface area (Å²) < 4.78 is 1.44. The average molecular weight is 324 g/mol. The Kier molecular flexibility index (Phi) is 4.46. The lowest BCUT2D eigenvalue weighted by atomic mass is 10.1. The van der Waals surface area contributed by atoms with Crippen molar-refractivity contribution < 1.29 is 4.79 Å². The van der Waals surface area contributed by atoms with Gasteiger partial charge in [-0.05, 0) is 32.3 Å². The molecule has 0 aliphatic rings. The number of fused-ring (bicyclic) bond motifs is 1. The molecule has 2 heterocycles. The summed E-state index contributed by atoms with van der Waals surface area (Å²) in [5.41, 5.74) is 2.30. The largest absolute Gasteiger partial charge is 0.348 e. The van der Waals surface area contributed by atoms with Crippen molar-refractivity contribution in [1.82, 2.24) is 19.9 Å². The van der Waals surface area contributed by atoms with E-state index in [0.717, 1.165) is 12.8 Å². The van der Waals surface area contributed by atoms with Crippen LogP contribution in [0.3, 0.4) is 0 Å². The van der Waals surface area contributed by atoms with Crippen LogP contribution in [0.15, 0.2) is 47.4 Å². The molecule has 0 saturated heterocycles. The number of nitrogens with zero attached hydrogens (tertiary/aromatic N) is 2. The van der Waals surface area contributed by atoms with Crippen LogP contribution in [-0.4, -0.2) is 26.5 Å². The zero-order valence-electron chi connectivity index (χ0n) is 13.7. The van der Waals surface area contributed by atoms with Crippen molar-refractivity contribution in [1.29, 1.82) is 0 Å². The zero-order valence-corrected chi connectivity index (χ0v) is 13.7. The number of hydrogen-bond acceptors (Lipinski definition) is 3. The number of amides is 1. The van der Waals surface area contributed by atoms with Crippen LogP contribution >= 0.6 is 0 Å². The van der Waals surface area contributed by atoms with Gasteiger partial charge in [-0.2, -0.15) is 5.10 Å². The van der Waals surface area contributed by atoms with E-state index in [1.165, 1.54) is 16.1 Å². The molecule has 0 saturated carbocycles. The van der Waals surface area contributed by atoms with E-state index < -0.39 is 0 Å². The van der Waals surface area contributed by atoms with Crippen molar-refractivity contribution >= 4 is 11.4 Å². The van der Waals surface area contributed by atoms with Crippen LogP contribution in [0.1, 0.15) is 35.1 Å². The molecule has 0 radical (unpaired) electrons. The topological polar surface area (TPSA) is 79.3 Å². The highest BCUT2D eigenvalue weighted by Crippen LogP contribution is 2.07. The van der Waals surface area contributed by atoms with Crippen molar-refractivity contribution in [3.63, 3.8) is 0 Å². The summed E-state index contributed by atoms with van der Waals surface area (Å²) in [7, 11) is 0. The number of rotatable bonds is 5. The molecule has 124 valence electrons. The lowest BCUT2D eigenvalue weighted by Gasteiger charge is -2.12. The molecular weight excluding hydrogens is 304 g/mol. The highest BCUT2D eigenvalue weighted by molar-refractivity contribution is 5.93. The molecule has 24 heavy (non-hydrogen) atoms. The van der Waals surface area contributed by atoms with Crippen LogP contribution in [0.5, 0.6) is 0 Å². The molecule has 2 N–H and O–H groups in total. The molecule has 0 aliphatic carbocycles. The smallest absolute Gasteiger partial charge is 0.274 e. The van der Waals surface area contributed by atoms with Gasteiger partial charge in [-0.25, -0.2) is 4.52 Å².